The topological polar surface area (TPSA) is 38.0 Å². The van der Waals surface area contributed by atoms with Crippen molar-refractivity contribution in [2.45, 2.75) is 38.8 Å². The number of hydrogen-bond acceptors (Lipinski definition) is 2. The second-order valence-electron chi connectivity index (χ2n) is 4.66. The van der Waals surface area contributed by atoms with Crippen molar-refractivity contribution >= 4 is 21.6 Å². The van der Waals surface area contributed by atoms with Crippen LogP contribution in [0.3, 0.4) is 0 Å². The Balaban J connectivity index is 1.82. The first-order chi connectivity index (χ1) is 7.69. The van der Waals surface area contributed by atoms with Gasteiger partial charge in [-0.2, -0.15) is 0 Å². The van der Waals surface area contributed by atoms with Gasteiger partial charge >= 0.3 is 0 Å². The Kier molecular flexibility index (Phi) is 3.87. The van der Waals surface area contributed by atoms with Crippen molar-refractivity contribution in [2.75, 3.05) is 5.73 Å². The molecule has 1 aromatic rings. The molecule has 1 aliphatic carbocycles. The Morgan fingerprint density at radius 1 is 1.44 bits per heavy atom. The molecule has 2 atom stereocenters. The summed E-state index contributed by atoms with van der Waals surface area (Å²) in [6.07, 6.45) is 4.00. The van der Waals surface area contributed by atoms with Crippen LogP contribution in [0.25, 0.3) is 0 Å². The lowest BCUT2D eigenvalue weighted by Crippen LogP contribution is -2.17. The molecule has 1 aliphatic rings. The normalized spacial score (nSPS) is 23.4. The molecule has 1 aromatic carbocycles. The van der Waals surface area contributed by atoms with E-state index < -0.39 is 0 Å². The molecule has 16 heavy (non-hydrogen) atoms. The highest BCUT2D eigenvalue weighted by Crippen LogP contribution is 2.34. The third-order valence-corrected chi connectivity index (χ3v) is 3.59. The van der Waals surface area contributed by atoms with Gasteiger partial charge in [0.05, 0.1) is 0 Å². The summed E-state index contributed by atoms with van der Waals surface area (Å²) in [5, 5.41) is 3.59. The van der Waals surface area contributed by atoms with Crippen molar-refractivity contribution in [1.29, 1.82) is 0 Å². The van der Waals surface area contributed by atoms with Gasteiger partial charge < -0.3 is 11.1 Å². The summed E-state index contributed by atoms with van der Waals surface area (Å²) in [5.41, 5.74) is 7.88. The zero-order valence-electron chi connectivity index (χ0n) is 9.67. The van der Waals surface area contributed by atoms with Gasteiger partial charge in [-0.3, -0.25) is 0 Å². The van der Waals surface area contributed by atoms with Crippen molar-refractivity contribution in [3.05, 3.63) is 28.2 Å². The summed E-state index contributed by atoms with van der Waals surface area (Å²) in [6, 6.07) is 6.83. The summed E-state index contributed by atoms with van der Waals surface area (Å²) in [4.78, 5) is 0. The van der Waals surface area contributed by atoms with Crippen molar-refractivity contribution < 1.29 is 0 Å². The highest BCUT2D eigenvalue weighted by molar-refractivity contribution is 9.10. The largest absolute Gasteiger partial charge is 0.399 e. The minimum atomic E-state index is 0.736. The Morgan fingerprint density at radius 3 is 2.94 bits per heavy atom. The van der Waals surface area contributed by atoms with Crippen molar-refractivity contribution in [3.63, 3.8) is 0 Å². The number of nitrogen functional groups attached to an aromatic ring is 1. The number of rotatable bonds is 5. The summed E-state index contributed by atoms with van der Waals surface area (Å²) < 4.78 is 1.06. The molecule has 2 unspecified atom stereocenters. The zero-order chi connectivity index (χ0) is 11.5. The van der Waals surface area contributed by atoms with Crippen molar-refractivity contribution in [2.24, 2.45) is 5.92 Å². The van der Waals surface area contributed by atoms with E-state index in [-0.39, 0.29) is 0 Å². The van der Waals surface area contributed by atoms with E-state index in [9.17, 15) is 0 Å². The number of halogens is 1. The Hall–Kier alpha value is -0.540. The molecule has 88 valence electrons. The summed E-state index contributed by atoms with van der Waals surface area (Å²) in [5.74, 6) is 0.912. The van der Waals surface area contributed by atoms with Gasteiger partial charge in [0.25, 0.3) is 0 Å². The fraction of sp³-hybridized carbons (Fsp3) is 0.538. The van der Waals surface area contributed by atoms with Gasteiger partial charge in [-0.1, -0.05) is 29.3 Å². The molecule has 0 aromatic heterocycles. The van der Waals surface area contributed by atoms with Crippen LogP contribution in [0.1, 0.15) is 31.7 Å². The maximum Gasteiger partial charge on any atom is 0.0328 e. The van der Waals surface area contributed by atoms with E-state index >= 15 is 0 Å². The van der Waals surface area contributed by atoms with Crippen LogP contribution in [0.5, 0.6) is 0 Å². The molecule has 2 rings (SSSR count). The van der Waals surface area contributed by atoms with Gasteiger partial charge in [-0.25, -0.2) is 0 Å². The van der Waals surface area contributed by atoms with Crippen LogP contribution < -0.4 is 11.1 Å². The smallest absolute Gasteiger partial charge is 0.0328 e. The molecule has 3 heteroatoms. The van der Waals surface area contributed by atoms with Crippen LogP contribution in [0.2, 0.25) is 0 Å². The number of benzene rings is 1. The second kappa shape index (κ2) is 5.19. The number of anilines is 1. The average molecular weight is 283 g/mol. The third-order valence-electron chi connectivity index (χ3n) is 3.13. The lowest BCUT2D eigenvalue weighted by atomic mass is 10.2. The fourth-order valence-corrected chi connectivity index (χ4v) is 2.77. The standard InChI is InChI=1S/C13H19BrN2/c1-2-3-10-6-13(10)16-8-9-4-11(14)7-12(15)5-9/h4-5,7,10,13,16H,2-3,6,8,15H2,1H3. The Bertz CT molecular complexity index is 345. The van der Waals surface area contributed by atoms with E-state index in [4.69, 9.17) is 5.73 Å². The first kappa shape index (κ1) is 11.9. The first-order valence-electron chi connectivity index (χ1n) is 5.97. The SMILES string of the molecule is CCCC1CC1NCc1cc(N)cc(Br)c1. The van der Waals surface area contributed by atoms with Crippen molar-refractivity contribution in [1.82, 2.24) is 5.32 Å². The maximum absolute atomic E-state index is 5.80. The Labute approximate surface area is 106 Å². The van der Waals surface area contributed by atoms with E-state index in [1.54, 1.807) is 0 Å². The van der Waals surface area contributed by atoms with E-state index in [2.05, 4.69) is 34.2 Å². The quantitative estimate of drug-likeness (QED) is 0.814. The molecule has 3 N–H and O–H groups in total. The lowest BCUT2D eigenvalue weighted by molar-refractivity contribution is 0.599. The molecule has 0 amide bonds. The Morgan fingerprint density at radius 2 is 2.25 bits per heavy atom. The number of nitrogens with one attached hydrogen (secondary N) is 1. The van der Waals surface area contributed by atoms with Crippen LogP contribution in [0.15, 0.2) is 22.7 Å². The molecule has 0 bridgehead atoms. The van der Waals surface area contributed by atoms with Gasteiger partial charge in [0.15, 0.2) is 0 Å². The van der Waals surface area contributed by atoms with Gasteiger partial charge in [-0.05, 0) is 42.5 Å². The van der Waals surface area contributed by atoms with Crippen LogP contribution in [-0.2, 0) is 6.54 Å². The molecule has 0 radical (unpaired) electrons. The number of hydrogen-bond donors (Lipinski definition) is 2. The zero-order valence-corrected chi connectivity index (χ0v) is 11.3. The fourth-order valence-electron chi connectivity index (χ4n) is 2.21. The van der Waals surface area contributed by atoms with Crippen LogP contribution in [0.4, 0.5) is 5.69 Å². The van der Waals surface area contributed by atoms with E-state index in [0.717, 1.165) is 28.7 Å². The van der Waals surface area contributed by atoms with Gasteiger partial charge in [0.2, 0.25) is 0 Å². The minimum Gasteiger partial charge on any atom is -0.399 e. The summed E-state index contributed by atoms with van der Waals surface area (Å²) in [7, 11) is 0. The molecule has 1 fully saturated rings. The van der Waals surface area contributed by atoms with E-state index in [0.29, 0.717) is 0 Å². The third kappa shape index (κ3) is 3.22. The van der Waals surface area contributed by atoms with Crippen LogP contribution in [-0.4, -0.2) is 6.04 Å². The summed E-state index contributed by atoms with van der Waals surface area (Å²) >= 11 is 3.46. The monoisotopic (exact) mass is 282 g/mol. The van der Waals surface area contributed by atoms with E-state index in [1.807, 2.05) is 12.1 Å². The van der Waals surface area contributed by atoms with Gasteiger partial charge in [0, 0.05) is 22.7 Å². The molecule has 2 nitrogen and oxygen atoms in total. The molecule has 0 spiro atoms. The maximum atomic E-state index is 5.80. The molecular weight excluding hydrogens is 264 g/mol. The number of nitrogens with two attached hydrogens (primary N) is 1. The highest BCUT2D eigenvalue weighted by Gasteiger charge is 2.35. The van der Waals surface area contributed by atoms with Gasteiger partial charge in [-0.15, -0.1) is 0 Å². The van der Waals surface area contributed by atoms with Gasteiger partial charge in [0.1, 0.15) is 0 Å². The van der Waals surface area contributed by atoms with Crippen LogP contribution in [0, 0.1) is 5.92 Å². The summed E-state index contributed by atoms with van der Waals surface area (Å²) in [6.45, 7) is 3.18. The predicted octanol–water partition coefficient (Wildman–Crippen LogP) is 3.31. The average Bonchev–Trinajstić information content (AvgIpc) is 2.93. The molecular formula is C13H19BrN2. The van der Waals surface area contributed by atoms with Crippen LogP contribution >= 0.6 is 15.9 Å². The highest BCUT2D eigenvalue weighted by atomic mass is 79.9. The lowest BCUT2D eigenvalue weighted by Gasteiger charge is -2.06. The molecule has 1 saturated carbocycles. The first-order valence-corrected chi connectivity index (χ1v) is 6.76. The molecule has 0 saturated heterocycles. The molecule has 0 aliphatic heterocycles. The minimum absolute atomic E-state index is 0.736. The van der Waals surface area contributed by atoms with E-state index in [1.165, 1.54) is 24.8 Å². The van der Waals surface area contributed by atoms with Crippen molar-refractivity contribution in [3.8, 4) is 0 Å². The second-order valence-corrected chi connectivity index (χ2v) is 5.58. The molecule has 0 heterocycles. The predicted molar refractivity (Wildman–Crippen MR) is 72.2 cm³/mol.